The van der Waals surface area contributed by atoms with Crippen LogP contribution in [0.1, 0.15) is 59.4 Å². The number of aliphatic hydroxyl groups excluding tert-OH is 1. The molecule has 0 aromatic carbocycles. The molecule has 0 amide bonds. The molecule has 2 aliphatic carbocycles. The van der Waals surface area contributed by atoms with Crippen molar-refractivity contribution in [1.29, 1.82) is 0 Å². The highest BCUT2D eigenvalue weighted by atomic mass is 16.6. The topological polar surface area (TPSA) is 125 Å². The summed E-state index contributed by atoms with van der Waals surface area (Å²) in [7, 11) is 0. The zero-order valence-electron chi connectivity index (χ0n) is 21.1. The van der Waals surface area contributed by atoms with E-state index in [1.807, 2.05) is 13.0 Å². The van der Waals surface area contributed by atoms with Crippen LogP contribution in [0.15, 0.2) is 23.0 Å². The molecule has 3 fully saturated rings. The molecule has 2 saturated carbocycles. The zero-order valence-corrected chi connectivity index (χ0v) is 21.1. The van der Waals surface area contributed by atoms with Gasteiger partial charge >= 0.3 is 17.9 Å². The number of fused-ring (bicyclic) bond motifs is 2. The van der Waals surface area contributed by atoms with Crippen LogP contribution in [-0.2, 0) is 39.8 Å². The van der Waals surface area contributed by atoms with E-state index in [1.165, 1.54) is 20.8 Å². The molecule has 1 aliphatic heterocycles. The molecule has 0 radical (unpaired) electrons. The van der Waals surface area contributed by atoms with Crippen LogP contribution in [0.25, 0.3) is 0 Å². The van der Waals surface area contributed by atoms with Gasteiger partial charge in [-0.1, -0.05) is 13.8 Å². The lowest BCUT2D eigenvalue weighted by Crippen LogP contribution is -2.74. The third-order valence-corrected chi connectivity index (χ3v) is 8.93. The minimum atomic E-state index is -1.19. The minimum absolute atomic E-state index is 0.127. The number of furan rings is 1. The van der Waals surface area contributed by atoms with Crippen molar-refractivity contribution < 1.29 is 42.9 Å². The van der Waals surface area contributed by atoms with Crippen molar-refractivity contribution >= 4 is 17.9 Å². The van der Waals surface area contributed by atoms with E-state index >= 15 is 0 Å². The Hall–Kier alpha value is -2.39. The number of aryl methyl sites for hydroxylation is 1. The number of hydrogen-bond donors (Lipinski definition) is 1. The SMILES string of the molecule is CC(=O)OC[C@@]12[C@H](CC[C@H](OC(C)=O)[C@]13CO3)[C@@](C)(CCc1ccoc1)[C@H](C)[C@@H](OC(C)=O)[C@@H]2O. The molecule has 1 aromatic heterocycles. The van der Waals surface area contributed by atoms with E-state index < -0.39 is 52.7 Å². The van der Waals surface area contributed by atoms with Gasteiger partial charge in [-0.25, -0.2) is 0 Å². The number of esters is 3. The highest BCUT2D eigenvalue weighted by Gasteiger charge is 2.79. The van der Waals surface area contributed by atoms with Gasteiger partial charge in [0.15, 0.2) is 0 Å². The average molecular weight is 493 g/mol. The fourth-order valence-electron chi connectivity index (χ4n) is 7.06. The molecule has 8 atom stereocenters. The van der Waals surface area contributed by atoms with E-state index in [9.17, 15) is 19.5 Å². The van der Waals surface area contributed by atoms with Crippen LogP contribution in [0.3, 0.4) is 0 Å². The highest BCUT2D eigenvalue weighted by molar-refractivity contribution is 5.67. The molecule has 3 aliphatic rings. The molecule has 2 heterocycles. The lowest BCUT2D eigenvalue weighted by Gasteiger charge is -2.65. The first-order valence-corrected chi connectivity index (χ1v) is 12.3. The second kappa shape index (κ2) is 9.24. The molecule has 1 saturated heterocycles. The summed E-state index contributed by atoms with van der Waals surface area (Å²) in [6.07, 6.45) is 3.33. The standard InChI is InChI=1S/C26H36O9/c1-15-22(35-18(4)29)23(30)25(13-32-16(2)27)20(24(15,5)10-8-19-9-11-31-12-19)6-7-21(34-17(3)28)26(25)14-33-26/h9,11-12,15,20-23,30H,6-8,10,13-14H2,1-5H3/t15-,20-,21+,22-,23+,24+,25+,26-/m1/s1. The molecule has 4 rings (SSSR count). The highest BCUT2D eigenvalue weighted by Crippen LogP contribution is 2.69. The summed E-state index contributed by atoms with van der Waals surface area (Å²) in [5.74, 6) is -1.79. The zero-order chi connectivity index (χ0) is 25.6. The summed E-state index contributed by atoms with van der Waals surface area (Å²) in [6.45, 7) is 8.25. The maximum atomic E-state index is 12.1. The first-order valence-electron chi connectivity index (χ1n) is 12.3. The van der Waals surface area contributed by atoms with Gasteiger partial charge in [0.25, 0.3) is 0 Å². The van der Waals surface area contributed by atoms with Crippen LogP contribution in [0, 0.1) is 22.7 Å². The quantitative estimate of drug-likeness (QED) is 0.347. The molecule has 9 heteroatoms. The third-order valence-electron chi connectivity index (χ3n) is 8.93. The molecule has 0 unspecified atom stereocenters. The molecule has 1 aromatic rings. The Morgan fingerprint density at radius 3 is 2.34 bits per heavy atom. The lowest BCUT2D eigenvalue weighted by molar-refractivity contribution is -0.276. The molecular formula is C26H36O9. The smallest absolute Gasteiger partial charge is 0.303 e. The van der Waals surface area contributed by atoms with Crippen LogP contribution in [0.4, 0.5) is 0 Å². The second-order valence-corrected chi connectivity index (χ2v) is 10.7. The van der Waals surface area contributed by atoms with Gasteiger partial charge in [0, 0.05) is 26.7 Å². The molecule has 1 spiro atoms. The molecule has 1 N–H and O–H groups in total. The van der Waals surface area contributed by atoms with Gasteiger partial charge in [-0.05, 0) is 48.6 Å². The number of carbonyl (C=O) groups is 3. The summed E-state index contributed by atoms with van der Waals surface area (Å²) < 4.78 is 28.4. The van der Waals surface area contributed by atoms with Gasteiger partial charge in [0.2, 0.25) is 0 Å². The van der Waals surface area contributed by atoms with Crippen LogP contribution >= 0.6 is 0 Å². The van der Waals surface area contributed by atoms with E-state index in [2.05, 4.69) is 6.92 Å². The Balaban J connectivity index is 1.83. The van der Waals surface area contributed by atoms with Crippen molar-refractivity contribution in [2.75, 3.05) is 13.2 Å². The maximum Gasteiger partial charge on any atom is 0.303 e. The van der Waals surface area contributed by atoms with Crippen molar-refractivity contribution in [2.45, 2.75) is 84.2 Å². The first kappa shape index (κ1) is 25.7. The number of aliphatic hydroxyl groups is 1. The Kier molecular flexibility index (Phi) is 6.79. The lowest BCUT2D eigenvalue weighted by atomic mass is 9.41. The van der Waals surface area contributed by atoms with E-state index in [0.717, 1.165) is 18.4 Å². The summed E-state index contributed by atoms with van der Waals surface area (Å²) in [6, 6.07) is 1.92. The first-order chi connectivity index (χ1) is 16.5. The summed E-state index contributed by atoms with van der Waals surface area (Å²) in [5, 5.41) is 12.0. The monoisotopic (exact) mass is 492 g/mol. The molecule has 9 nitrogen and oxygen atoms in total. The van der Waals surface area contributed by atoms with Gasteiger partial charge < -0.3 is 28.5 Å². The van der Waals surface area contributed by atoms with E-state index in [-0.39, 0.29) is 25.0 Å². The summed E-state index contributed by atoms with van der Waals surface area (Å²) in [5.41, 5.74) is -1.55. The number of ether oxygens (including phenoxy) is 4. The normalized spacial score (nSPS) is 40.0. The Morgan fingerprint density at radius 2 is 1.80 bits per heavy atom. The largest absolute Gasteiger partial charge is 0.472 e. The summed E-state index contributed by atoms with van der Waals surface area (Å²) in [4.78, 5) is 36.1. The molecular weight excluding hydrogens is 456 g/mol. The van der Waals surface area contributed by atoms with Gasteiger partial charge in [-0.15, -0.1) is 0 Å². The van der Waals surface area contributed by atoms with Gasteiger partial charge in [0.1, 0.15) is 30.5 Å². The fraction of sp³-hybridized carbons (Fsp3) is 0.731. The van der Waals surface area contributed by atoms with Crippen LogP contribution < -0.4 is 0 Å². The van der Waals surface area contributed by atoms with Crippen LogP contribution in [-0.4, -0.2) is 60.1 Å². The minimum Gasteiger partial charge on any atom is -0.472 e. The second-order valence-electron chi connectivity index (χ2n) is 10.7. The fourth-order valence-corrected chi connectivity index (χ4v) is 7.06. The molecule has 194 valence electrons. The van der Waals surface area contributed by atoms with Crippen LogP contribution in [0.5, 0.6) is 0 Å². The van der Waals surface area contributed by atoms with Gasteiger partial charge in [0.05, 0.1) is 24.5 Å². The van der Waals surface area contributed by atoms with Crippen molar-refractivity contribution in [2.24, 2.45) is 22.7 Å². The van der Waals surface area contributed by atoms with Crippen molar-refractivity contribution in [3.63, 3.8) is 0 Å². The predicted octanol–water partition coefficient (Wildman–Crippen LogP) is 2.82. The number of epoxide rings is 1. The number of hydrogen-bond acceptors (Lipinski definition) is 9. The van der Waals surface area contributed by atoms with E-state index in [0.29, 0.717) is 12.8 Å². The van der Waals surface area contributed by atoms with Gasteiger partial charge in [-0.2, -0.15) is 0 Å². The Morgan fingerprint density at radius 1 is 1.11 bits per heavy atom. The maximum absolute atomic E-state index is 12.1. The van der Waals surface area contributed by atoms with E-state index in [4.69, 9.17) is 23.4 Å². The predicted molar refractivity (Wildman–Crippen MR) is 122 cm³/mol. The van der Waals surface area contributed by atoms with Crippen molar-refractivity contribution in [1.82, 2.24) is 0 Å². The average Bonchev–Trinajstić information content (AvgIpc) is 3.40. The Bertz CT molecular complexity index is 952. The molecule has 0 bridgehead atoms. The van der Waals surface area contributed by atoms with E-state index in [1.54, 1.807) is 12.5 Å². The Labute approximate surface area is 205 Å². The van der Waals surface area contributed by atoms with Gasteiger partial charge in [-0.3, -0.25) is 14.4 Å². The van der Waals surface area contributed by atoms with Crippen molar-refractivity contribution in [3.8, 4) is 0 Å². The third kappa shape index (κ3) is 4.16. The summed E-state index contributed by atoms with van der Waals surface area (Å²) >= 11 is 0. The van der Waals surface area contributed by atoms with Crippen molar-refractivity contribution in [3.05, 3.63) is 24.2 Å². The number of carbonyl (C=O) groups excluding carboxylic acids is 3. The number of rotatable bonds is 7. The van der Waals surface area contributed by atoms with Crippen LogP contribution in [0.2, 0.25) is 0 Å². The molecule has 35 heavy (non-hydrogen) atoms.